The van der Waals surface area contributed by atoms with Crippen LogP contribution < -0.4 is 16.2 Å². The number of rotatable bonds is 12. The average molecular weight is 537 g/mol. The lowest BCUT2D eigenvalue weighted by atomic mass is 9.84. The molecule has 2 heterocycles. The molecule has 0 spiro atoms. The molecule has 0 aliphatic heterocycles. The molecule has 3 aromatic carbocycles. The van der Waals surface area contributed by atoms with E-state index in [-0.39, 0.29) is 5.92 Å². The number of amides is 1. The zero-order chi connectivity index (χ0) is 28.1. The van der Waals surface area contributed by atoms with Gasteiger partial charge in [0.1, 0.15) is 17.4 Å². The zero-order valence-electron chi connectivity index (χ0n) is 23.0. The van der Waals surface area contributed by atoms with Crippen molar-refractivity contribution in [2.75, 3.05) is 7.11 Å². The van der Waals surface area contributed by atoms with Crippen LogP contribution in [0.5, 0.6) is 5.75 Å². The van der Waals surface area contributed by atoms with Crippen molar-refractivity contribution in [3.8, 4) is 5.75 Å². The molecule has 2 atom stereocenters. The van der Waals surface area contributed by atoms with Gasteiger partial charge in [0.25, 0.3) is 0 Å². The number of carbonyl (C=O) groups is 1. The van der Waals surface area contributed by atoms with Gasteiger partial charge in [0.05, 0.1) is 19.2 Å². The molecule has 5 rings (SSSR count). The summed E-state index contributed by atoms with van der Waals surface area (Å²) in [7, 11) is 1.66. The van der Waals surface area contributed by atoms with E-state index in [0.29, 0.717) is 19.4 Å². The number of benzene rings is 3. The van der Waals surface area contributed by atoms with Crippen molar-refractivity contribution in [1.29, 1.82) is 0 Å². The van der Waals surface area contributed by atoms with Crippen LogP contribution in [0.25, 0.3) is 10.9 Å². The second kappa shape index (κ2) is 11.8. The Morgan fingerprint density at radius 3 is 2.52 bits per heavy atom. The van der Waals surface area contributed by atoms with E-state index in [1.165, 1.54) is 5.56 Å². The van der Waals surface area contributed by atoms with Crippen LogP contribution in [-0.4, -0.2) is 38.3 Å². The zero-order valence-corrected chi connectivity index (χ0v) is 23.0. The molecule has 8 heteroatoms. The standard InChI is InChI=1S/C32H36N6O2/c1-32(34,31(33)39)19-24(18-25-20-35-28-14-7-6-13-27(25)28)30-37-36-29(16-15-22-9-4-3-5-10-22)38(30)21-23-11-8-12-26(17-23)40-2/h3-14,17,20,24,35H,15-16,18-19,21,34H2,1-2H3,(H2,33,39)/t24?,32-/m1/s1. The highest BCUT2D eigenvalue weighted by Gasteiger charge is 2.34. The maximum atomic E-state index is 12.3. The van der Waals surface area contributed by atoms with E-state index in [9.17, 15) is 4.79 Å². The Hall–Kier alpha value is -4.43. The molecule has 1 amide bonds. The third-order valence-corrected chi connectivity index (χ3v) is 7.55. The highest BCUT2D eigenvalue weighted by molar-refractivity contribution is 5.84. The smallest absolute Gasteiger partial charge is 0.237 e. The minimum absolute atomic E-state index is 0.203. The summed E-state index contributed by atoms with van der Waals surface area (Å²) in [6.45, 7) is 2.25. The number of nitrogens with two attached hydrogens (primary N) is 2. The highest BCUT2D eigenvalue weighted by atomic mass is 16.5. The number of fused-ring (bicyclic) bond motifs is 1. The van der Waals surface area contributed by atoms with Crippen molar-refractivity contribution < 1.29 is 9.53 Å². The quantitative estimate of drug-likeness (QED) is 0.216. The molecule has 0 saturated carbocycles. The molecule has 0 saturated heterocycles. The molecule has 1 unspecified atom stereocenters. The largest absolute Gasteiger partial charge is 0.497 e. The molecule has 5 aromatic rings. The van der Waals surface area contributed by atoms with Gasteiger partial charge >= 0.3 is 0 Å². The summed E-state index contributed by atoms with van der Waals surface area (Å²) >= 11 is 0. The van der Waals surface area contributed by atoms with Crippen LogP contribution >= 0.6 is 0 Å². The number of nitrogens with zero attached hydrogens (tertiary/aromatic N) is 3. The molecule has 5 N–H and O–H groups in total. The number of aryl methyl sites for hydroxylation is 2. The van der Waals surface area contributed by atoms with Crippen LogP contribution in [0.15, 0.2) is 85.1 Å². The van der Waals surface area contributed by atoms with E-state index in [0.717, 1.165) is 52.3 Å². The molecule has 0 aliphatic carbocycles. The van der Waals surface area contributed by atoms with E-state index >= 15 is 0 Å². The van der Waals surface area contributed by atoms with Gasteiger partial charge in [-0.05, 0) is 61.1 Å². The number of para-hydroxylation sites is 1. The minimum atomic E-state index is -1.21. The van der Waals surface area contributed by atoms with Crippen LogP contribution in [0.4, 0.5) is 0 Å². The first-order valence-electron chi connectivity index (χ1n) is 13.6. The Balaban J connectivity index is 1.56. The SMILES string of the molecule is COc1cccc(Cn2c(CCc3ccccc3)nnc2C(Cc2c[nH]c3ccccc23)C[C@@](C)(N)C(N)=O)c1. The maximum absolute atomic E-state index is 12.3. The Morgan fingerprint density at radius 1 is 1.00 bits per heavy atom. The Labute approximate surface area is 234 Å². The molecule has 0 radical (unpaired) electrons. The van der Waals surface area contributed by atoms with Crippen LogP contribution in [-0.2, 0) is 30.6 Å². The summed E-state index contributed by atoms with van der Waals surface area (Å²) in [5.41, 5.74) is 15.5. The summed E-state index contributed by atoms with van der Waals surface area (Å²) < 4.78 is 7.65. The molecule has 40 heavy (non-hydrogen) atoms. The topological polar surface area (TPSA) is 125 Å². The number of carbonyl (C=O) groups excluding carboxylic acids is 1. The van der Waals surface area contributed by atoms with Crippen molar-refractivity contribution in [3.63, 3.8) is 0 Å². The van der Waals surface area contributed by atoms with Crippen LogP contribution in [0.2, 0.25) is 0 Å². The lowest BCUT2D eigenvalue weighted by molar-refractivity contribution is -0.122. The molecule has 8 nitrogen and oxygen atoms in total. The van der Waals surface area contributed by atoms with Gasteiger partial charge in [0, 0.05) is 29.4 Å². The summed E-state index contributed by atoms with van der Waals surface area (Å²) in [5.74, 6) is 1.71. The van der Waals surface area contributed by atoms with Crippen molar-refractivity contribution in [2.45, 2.75) is 50.6 Å². The normalized spacial score (nSPS) is 13.7. The van der Waals surface area contributed by atoms with Crippen molar-refractivity contribution in [1.82, 2.24) is 19.7 Å². The van der Waals surface area contributed by atoms with E-state index in [2.05, 4.69) is 45.0 Å². The van der Waals surface area contributed by atoms with Gasteiger partial charge in [-0.3, -0.25) is 4.79 Å². The van der Waals surface area contributed by atoms with Gasteiger partial charge in [-0.25, -0.2) is 0 Å². The number of H-pyrrole nitrogens is 1. The Bertz CT molecular complexity index is 1590. The van der Waals surface area contributed by atoms with Gasteiger partial charge in [-0.2, -0.15) is 0 Å². The molecule has 0 fully saturated rings. The monoisotopic (exact) mass is 536 g/mol. The molecule has 0 aliphatic rings. The van der Waals surface area contributed by atoms with Crippen LogP contribution in [0, 0.1) is 0 Å². The predicted octanol–water partition coefficient (Wildman–Crippen LogP) is 4.52. The van der Waals surface area contributed by atoms with Gasteiger partial charge in [-0.1, -0.05) is 60.7 Å². The first-order chi connectivity index (χ1) is 19.3. The third kappa shape index (κ3) is 6.07. The van der Waals surface area contributed by atoms with Crippen molar-refractivity contribution >= 4 is 16.8 Å². The minimum Gasteiger partial charge on any atom is -0.497 e. The fourth-order valence-corrected chi connectivity index (χ4v) is 5.30. The fraction of sp³-hybridized carbons (Fsp3) is 0.281. The maximum Gasteiger partial charge on any atom is 0.237 e. The summed E-state index contributed by atoms with van der Waals surface area (Å²) in [6, 6.07) is 26.5. The average Bonchev–Trinajstić information content (AvgIpc) is 3.56. The van der Waals surface area contributed by atoms with Gasteiger partial charge in [-0.15, -0.1) is 10.2 Å². The highest BCUT2D eigenvalue weighted by Crippen LogP contribution is 2.32. The van der Waals surface area contributed by atoms with Gasteiger partial charge < -0.3 is 25.8 Å². The summed E-state index contributed by atoms with van der Waals surface area (Å²) in [6.07, 6.45) is 4.53. The van der Waals surface area contributed by atoms with Crippen LogP contribution in [0.3, 0.4) is 0 Å². The van der Waals surface area contributed by atoms with E-state index in [4.69, 9.17) is 21.3 Å². The number of aromatic amines is 1. The molecule has 206 valence electrons. The lowest BCUT2D eigenvalue weighted by Crippen LogP contribution is -2.50. The second-order valence-electron chi connectivity index (χ2n) is 10.6. The third-order valence-electron chi connectivity index (χ3n) is 7.55. The lowest BCUT2D eigenvalue weighted by Gasteiger charge is -2.27. The van der Waals surface area contributed by atoms with E-state index < -0.39 is 11.4 Å². The predicted molar refractivity (Wildman–Crippen MR) is 157 cm³/mol. The number of methoxy groups -OCH3 is 1. The number of hydrogen-bond donors (Lipinski definition) is 3. The number of ether oxygens (including phenoxy) is 1. The Morgan fingerprint density at radius 2 is 1.75 bits per heavy atom. The second-order valence-corrected chi connectivity index (χ2v) is 10.6. The molecule has 0 bridgehead atoms. The van der Waals surface area contributed by atoms with Crippen molar-refractivity contribution in [3.05, 3.63) is 113 Å². The first-order valence-corrected chi connectivity index (χ1v) is 13.6. The first kappa shape index (κ1) is 27.1. The number of hydrogen-bond acceptors (Lipinski definition) is 5. The van der Waals surface area contributed by atoms with E-state index in [1.54, 1.807) is 14.0 Å². The number of aromatic nitrogens is 4. The summed E-state index contributed by atoms with van der Waals surface area (Å²) in [5, 5.41) is 10.5. The fourth-order valence-electron chi connectivity index (χ4n) is 5.30. The summed E-state index contributed by atoms with van der Waals surface area (Å²) in [4.78, 5) is 15.7. The van der Waals surface area contributed by atoms with Crippen molar-refractivity contribution in [2.24, 2.45) is 11.5 Å². The number of nitrogens with one attached hydrogen (secondary N) is 1. The molecular formula is C32H36N6O2. The van der Waals surface area contributed by atoms with Gasteiger partial charge in [0.15, 0.2) is 0 Å². The molecule has 2 aromatic heterocycles. The van der Waals surface area contributed by atoms with Crippen LogP contribution in [0.1, 0.15) is 47.6 Å². The van der Waals surface area contributed by atoms with Gasteiger partial charge in [0.2, 0.25) is 5.91 Å². The van der Waals surface area contributed by atoms with E-state index in [1.807, 2.05) is 54.7 Å². The molecular weight excluding hydrogens is 500 g/mol. The Kier molecular flexibility index (Phi) is 7.98. The number of primary amides is 1.